The molecule has 76 valence electrons. The van der Waals surface area contributed by atoms with Gasteiger partial charge < -0.3 is 4.98 Å². The molecule has 15 heavy (non-hydrogen) atoms. The number of imidazole rings is 1. The third kappa shape index (κ3) is 1.71. The summed E-state index contributed by atoms with van der Waals surface area (Å²) in [4.78, 5) is 7.59. The summed E-state index contributed by atoms with van der Waals surface area (Å²) in [5.74, 6) is 0.947. The van der Waals surface area contributed by atoms with E-state index in [1.807, 2.05) is 26.0 Å². The summed E-state index contributed by atoms with van der Waals surface area (Å²) < 4.78 is 0. The van der Waals surface area contributed by atoms with Gasteiger partial charge in [-0.05, 0) is 37.1 Å². The van der Waals surface area contributed by atoms with Gasteiger partial charge in [-0.2, -0.15) is 0 Å². The van der Waals surface area contributed by atoms with Crippen LogP contribution in [0.1, 0.15) is 18.3 Å². The molecule has 0 radical (unpaired) electrons. The number of nitrogens with zero attached hydrogens (tertiary/aromatic N) is 1. The van der Waals surface area contributed by atoms with Gasteiger partial charge in [-0.3, -0.25) is 0 Å². The average molecular weight is 198 g/mol. The number of benzene rings is 1. The fourth-order valence-electron chi connectivity index (χ4n) is 1.72. The first-order chi connectivity index (χ1) is 7.24. The number of aryl methyl sites for hydroxylation is 1. The minimum Gasteiger partial charge on any atom is -0.342 e. The van der Waals surface area contributed by atoms with Crippen LogP contribution in [0.2, 0.25) is 0 Å². The van der Waals surface area contributed by atoms with Gasteiger partial charge in [-0.1, -0.05) is 24.8 Å². The van der Waals surface area contributed by atoms with Crippen molar-refractivity contribution in [3.8, 4) is 0 Å². The number of aromatic amines is 1. The first-order valence-corrected chi connectivity index (χ1v) is 5.00. The Kier molecular flexibility index (Phi) is 2.42. The van der Waals surface area contributed by atoms with Gasteiger partial charge in [0, 0.05) is 0 Å². The molecule has 2 heteroatoms. The fourth-order valence-corrected chi connectivity index (χ4v) is 1.72. The van der Waals surface area contributed by atoms with Crippen LogP contribution >= 0.6 is 0 Å². The van der Waals surface area contributed by atoms with E-state index in [4.69, 9.17) is 0 Å². The Bertz CT molecular complexity index is 532. The molecule has 0 fully saturated rings. The van der Waals surface area contributed by atoms with Crippen LogP contribution in [-0.2, 0) is 0 Å². The van der Waals surface area contributed by atoms with Crippen LogP contribution in [0.5, 0.6) is 0 Å². The molecule has 0 spiro atoms. The molecular formula is C13H14N2. The molecule has 1 aromatic carbocycles. The third-order valence-electron chi connectivity index (χ3n) is 2.46. The van der Waals surface area contributed by atoms with Crippen molar-refractivity contribution in [1.29, 1.82) is 0 Å². The van der Waals surface area contributed by atoms with E-state index in [0.29, 0.717) is 0 Å². The van der Waals surface area contributed by atoms with E-state index < -0.39 is 0 Å². The molecule has 2 aromatic rings. The fraction of sp³-hybridized carbons (Fsp3) is 0.154. The molecule has 0 aliphatic carbocycles. The largest absolute Gasteiger partial charge is 0.342 e. The number of fused-ring (bicyclic) bond motifs is 1. The Balaban J connectivity index is 2.59. The van der Waals surface area contributed by atoms with Crippen molar-refractivity contribution in [1.82, 2.24) is 9.97 Å². The zero-order valence-corrected chi connectivity index (χ0v) is 9.04. The summed E-state index contributed by atoms with van der Waals surface area (Å²) in [6.45, 7) is 7.77. The number of hydrogen-bond donors (Lipinski definition) is 1. The highest BCUT2D eigenvalue weighted by molar-refractivity contribution is 5.83. The second-order valence-electron chi connectivity index (χ2n) is 3.50. The predicted molar refractivity (Wildman–Crippen MR) is 64.7 cm³/mol. The molecule has 0 atom stereocenters. The van der Waals surface area contributed by atoms with E-state index in [1.165, 1.54) is 5.56 Å². The summed E-state index contributed by atoms with van der Waals surface area (Å²) in [6, 6.07) is 6.20. The van der Waals surface area contributed by atoms with Gasteiger partial charge >= 0.3 is 0 Å². The summed E-state index contributed by atoms with van der Waals surface area (Å²) in [7, 11) is 0. The van der Waals surface area contributed by atoms with Crippen LogP contribution in [0.3, 0.4) is 0 Å². The van der Waals surface area contributed by atoms with Gasteiger partial charge in [0.1, 0.15) is 5.82 Å². The molecule has 2 nitrogen and oxygen atoms in total. The molecule has 0 aliphatic rings. The van der Waals surface area contributed by atoms with Gasteiger partial charge in [-0.25, -0.2) is 4.98 Å². The predicted octanol–water partition coefficient (Wildman–Crippen LogP) is 3.46. The van der Waals surface area contributed by atoms with Crippen molar-refractivity contribution < 1.29 is 0 Å². The van der Waals surface area contributed by atoms with E-state index in [-0.39, 0.29) is 0 Å². The normalized spacial score (nSPS) is 12.0. The average Bonchev–Trinajstić information content (AvgIpc) is 2.59. The Labute approximate surface area is 89.4 Å². The lowest BCUT2D eigenvalue weighted by atomic mass is 10.1. The summed E-state index contributed by atoms with van der Waals surface area (Å²) in [6.07, 6.45) is 3.92. The van der Waals surface area contributed by atoms with Crippen molar-refractivity contribution in [2.75, 3.05) is 0 Å². The lowest BCUT2D eigenvalue weighted by Gasteiger charge is -2.00. The maximum absolute atomic E-state index is 4.36. The van der Waals surface area contributed by atoms with Crippen LogP contribution in [0.4, 0.5) is 0 Å². The van der Waals surface area contributed by atoms with Gasteiger partial charge in [0.05, 0.1) is 11.0 Å². The van der Waals surface area contributed by atoms with Crippen LogP contribution < -0.4 is 0 Å². The summed E-state index contributed by atoms with van der Waals surface area (Å²) in [5, 5.41) is 0. The molecule has 0 saturated heterocycles. The Morgan fingerprint density at radius 3 is 2.93 bits per heavy atom. The first kappa shape index (κ1) is 9.71. The molecular weight excluding hydrogens is 184 g/mol. The number of allylic oxidation sites excluding steroid dienone is 3. The topological polar surface area (TPSA) is 28.7 Å². The molecule has 0 unspecified atom stereocenters. The van der Waals surface area contributed by atoms with E-state index in [9.17, 15) is 0 Å². The number of H-pyrrole nitrogens is 1. The minimum absolute atomic E-state index is 0.947. The van der Waals surface area contributed by atoms with E-state index in [0.717, 1.165) is 22.4 Å². The van der Waals surface area contributed by atoms with Crippen LogP contribution in [0.25, 0.3) is 16.6 Å². The quantitative estimate of drug-likeness (QED) is 0.735. The van der Waals surface area contributed by atoms with Crippen molar-refractivity contribution in [2.45, 2.75) is 13.8 Å². The number of nitrogens with one attached hydrogen (secondary N) is 1. The van der Waals surface area contributed by atoms with Gasteiger partial charge in [0.2, 0.25) is 0 Å². The van der Waals surface area contributed by atoms with E-state index in [1.54, 1.807) is 0 Å². The minimum atomic E-state index is 0.947. The van der Waals surface area contributed by atoms with E-state index >= 15 is 0 Å². The second kappa shape index (κ2) is 3.73. The lowest BCUT2D eigenvalue weighted by molar-refractivity contribution is 1.17. The third-order valence-corrected chi connectivity index (χ3v) is 2.46. The number of aromatic nitrogens is 2. The number of rotatable bonds is 2. The summed E-state index contributed by atoms with van der Waals surface area (Å²) in [5.41, 5.74) is 4.40. The molecule has 0 aliphatic heterocycles. The zero-order valence-electron chi connectivity index (χ0n) is 9.04. The number of hydrogen-bond acceptors (Lipinski definition) is 1. The van der Waals surface area contributed by atoms with Gasteiger partial charge in [0.15, 0.2) is 0 Å². The van der Waals surface area contributed by atoms with Gasteiger partial charge in [0.25, 0.3) is 0 Å². The SMILES string of the molecule is C=C/C(=C\C)c1ccc2nc(C)[nH]c2c1. The van der Waals surface area contributed by atoms with Crippen molar-refractivity contribution >= 4 is 16.6 Å². The maximum Gasteiger partial charge on any atom is 0.104 e. The zero-order chi connectivity index (χ0) is 10.8. The molecule has 0 saturated carbocycles. The standard InChI is InChI=1S/C13H14N2/c1-4-10(5-2)11-6-7-12-13(8-11)15-9(3)14-12/h4-8H,1H2,2-3H3,(H,14,15)/b10-5+. The molecule has 1 N–H and O–H groups in total. The van der Waals surface area contributed by atoms with Gasteiger partial charge in [-0.15, -0.1) is 0 Å². The molecule has 1 heterocycles. The van der Waals surface area contributed by atoms with Crippen molar-refractivity contribution in [3.63, 3.8) is 0 Å². The molecule has 2 rings (SSSR count). The highest BCUT2D eigenvalue weighted by Crippen LogP contribution is 2.20. The highest BCUT2D eigenvalue weighted by atomic mass is 14.9. The first-order valence-electron chi connectivity index (χ1n) is 5.00. The highest BCUT2D eigenvalue weighted by Gasteiger charge is 2.01. The summed E-state index contributed by atoms with van der Waals surface area (Å²) >= 11 is 0. The Morgan fingerprint density at radius 1 is 1.47 bits per heavy atom. The van der Waals surface area contributed by atoms with Crippen LogP contribution in [-0.4, -0.2) is 9.97 Å². The van der Waals surface area contributed by atoms with Crippen LogP contribution in [0, 0.1) is 6.92 Å². The monoisotopic (exact) mass is 198 g/mol. The van der Waals surface area contributed by atoms with E-state index in [2.05, 4.69) is 34.8 Å². The van der Waals surface area contributed by atoms with Crippen molar-refractivity contribution in [2.24, 2.45) is 0 Å². The maximum atomic E-state index is 4.36. The molecule has 0 amide bonds. The van der Waals surface area contributed by atoms with Crippen molar-refractivity contribution in [3.05, 3.63) is 48.3 Å². The lowest BCUT2D eigenvalue weighted by Crippen LogP contribution is -1.80. The second-order valence-corrected chi connectivity index (χ2v) is 3.50. The van der Waals surface area contributed by atoms with Crippen LogP contribution in [0.15, 0.2) is 36.9 Å². The Morgan fingerprint density at radius 2 is 2.27 bits per heavy atom. The smallest absolute Gasteiger partial charge is 0.104 e. The molecule has 0 bridgehead atoms. The Hall–Kier alpha value is -1.83. The molecule has 1 aromatic heterocycles.